The van der Waals surface area contributed by atoms with E-state index < -0.39 is 30.8 Å². The van der Waals surface area contributed by atoms with Crippen LogP contribution in [0.2, 0.25) is 0 Å². The van der Waals surface area contributed by atoms with E-state index in [0.29, 0.717) is 18.0 Å². The fourth-order valence-electron chi connectivity index (χ4n) is 3.83. The van der Waals surface area contributed by atoms with E-state index in [1.54, 1.807) is 43.3 Å². The van der Waals surface area contributed by atoms with E-state index in [0.717, 1.165) is 19.8 Å². The van der Waals surface area contributed by atoms with Gasteiger partial charge in [0.05, 0.1) is 6.61 Å². The van der Waals surface area contributed by atoms with Gasteiger partial charge in [-0.05, 0) is 13.3 Å². The van der Waals surface area contributed by atoms with E-state index in [1.165, 1.54) is 15.9 Å². The van der Waals surface area contributed by atoms with E-state index in [1.807, 2.05) is 13.0 Å². The van der Waals surface area contributed by atoms with Gasteiger partial charge >= 0.3 is 13.7 Å². The van der Waals surface area contributed by atoms with Crippen LogP contribution in [0.1, 0.15) is 37.2 Å². The number of carbonyl (C=O) groups excluding carboxylic acids is 3. The Kier molecular flexibility index (Phi) is 9.65. The van der Waals surface area contributed by atoms with Gasteiger partial charge in [-0.1, -0.05) is 43.7 Å². The lowest BCUT2D eigenvalue weighted by Crippen LogP contribution is -2.61. The van der Waals surface area contributed by atoms with Gasteiger partial charge < -0.3 is 34.5 Å². The Bertz CT molecular complexity index is 1230. The minimum absolute atomic E-state index is 0.0175. The van der Waals surface area contributed by atoms with Crippen LogP contribution in [0.4, 0.5) is 10.6 Å². The molecule has 2 aromatic rings. The minimum Gasteiger partial charge on any atom is -0.449 e. The highest BCUT2D eigenvalue weighted by molar-refractivity contribution is 7.54. The van der Waals surface area contributed by atoms with Crippen LogP contribution < -0.4 is 10.2 Å². The monoisotopic (exact) mass is 562 g/mol. The quantitative estimate of drug-likeness (QED) is 0.304. The van der Waals surface area contributed by atoms with Crippen molar-refractivity contribution >= 4 is 31.3 Å². The summed E-state index contributed by atoms with van der Waals surface area (Å²) in [6.07, 6.45) is 1.11. The van der Waals surface area contributed by atoms with Gasteiger partial charge in [0.15, 0.2) is 5.82 Å². The second-order valence-corrected chi connectivity index (χ2v) is 11.5. The lowest BCUT2D eigenvalue weighted by Gasteiger charge is -2.39. The Morgan fingerprint density at radius 1 is 1.08 bits per heavy atom. The number of amides is 3. The van der Waals surface area contributed by atoms with Gasteiger partial charge in [-0.2, -0.15) is 0 Å². The van der Waals surface area contributed by atoms with Crippen molar-refractivity contribution in [1.29, 1.82) is 0 Å². The smallest absolute Gasteiger partial charge is 0.409 e. The van der Waals surface area contributed by atoms with Crippen LogP contribution in [0.15, 0.2) is 36.4 Å². The molecule has 1 saturated heterocycles. The summed E-state index contributed by atoms with van der Waals surface area (Å²) >= 11 is 0. The Labute approximate surface area is 227 Å². The van der Waals surface area contributed by atoms with E-state index in [9.17, 15) is 28.7 Å². The van der Waals surface area contributed by atoms with Crippen LogP contribution in [0.3, 0.4) is 0 Å². The van der Waals surface area contributed by atoms with Crippen LogP contribution in [-0.4, -0.2) is 99.6 Å². The van der Waals surface area contributed by atoms with Crippen molar-refractivity contribution in [2.24, 2.45) is 0 Å². The zero-order chi connectivity index (χ0) is 28.8. The number of ether oxygens (including phenoxy) is 1. The van der Waals surface area contributed by atoms with Crippen LogP contribution >= 0.6 is 7.60 Å². The first kappa shape index (κ1) is 30.0. The lowest BCUT2D eigenvalue weighted by molar-refractivity contribution is -0.136. The summed E-state index contributed by atoms with van der Waals surface area (Å²) in [4.78, 5) is 72.4. The Morgan fingerprint density at radius 2 is 1.69 bits per heavy atom. The predicted octanol–water partition coefficient (Wildman–Crippen LogP) is 1.91. The maximum absolute atomic E-state index is 13.4. The molecule has 14 heteroatoms. The Balaban J connectivity index is 1.81. The third-order valence-electron chi connectivity index (χ3n) is 6.34. The van der Waals surface area contributed by atoms with Crippen LogP contribution in [0.25, 0.3) is 11.4 Å². The van der Waals surface area contributed by atoms with E-state index in [-0.39, 0.29) is 37.7 Å². The van der Waals surface area contributed by atoms with Gasteiger partial charge in [0, 0.05) is 51.9 Å². The first-order valence-corrected chi connectivity index (χ1v) is 14.2. The number of aromatic nitrogens is 2. The van der Waals surface area contributed by atoms with Gasteiger partial charge in [-0.15, -0.1) is 0 Å². The topological polar surface area (TPSA) is 165 Å². The fraction of sp³-hybridized carbons (Fsp3) is 0.480. The molecule has 0 spiro atoms. The molecule has 1 aromatic carbocycles. The number of benzene rings is 1. The van der Waals surface area contributed by atoms with Gasteiger partial charge in [0.1, 0.15) is 11.5 Å². The Morgan fingerprint density at radius 3 is 2.26 bits per heavy atom. The highest BCUT2D eigenvalue weighted by Gasteiger charge is 2.53. The summed E-state index contributed by atoms with van der Waals surface area (Å²) in [6.45, 7) is 3.55. The van der Waals surface area contributed by atoms with Gasteiger partial charge in [-0.25, -0.2) is 14.8 Å². The zero-order valence-corrected chi connectivity index (χ0v) is 23.4. The summed E-state index contributed by atoms with van der Waals surface area (Å²) in [5, 5.41) is -0.313. The van der Waals surface area contributed by atoms with Crippen molar-refractivity contribution in [2.45, 2.75) is 32.0 Å². The highest BCUT2D eigenvalue weighted by atomic mass is 31.2. The first-order valence-electron chi connectivity index (χ1n) is 12.6. The number of piperazine rings is 1. The number of carbonyl (C=O) groups is 3. The molecule has 0 unspecified atom stereocenters. The van der Waals surface area contributed by atoms with Crippen LogP contribution in [0, 0.1) is 0 Å². The van der Waals surface area contributed by atoms with Crippen molar-refractivity contribution < 1.29 is 33.5 Å². The molecule has 2 heterocycles. The number of rotatable bonds is 9. The van der Waals surface area contributed by atoms with Gasteiger partial charge in [0.2, 0.25) is 5.28 Å². The maximum Gasteiger partial charge on any atom is 0.409 e. The molecule has 0 saturated carbocycles. The molecule has 39 heavy (non-hydrogen) atoms. The third-order valence-corrected chi connectivity index (χ3v) is 7.81. The highest BCUT2D eigenvalue weighted by Crippen LogP contribution is 2.49. The number of nitrogens with zero attached hydrogens (tertiary/aromatic N) is 5. The maximum atomic E-state index is 13.4. The molecule has 1 aromatic heterocycles. The van der Waals surface area contributed by atoms with E-state index in [4.69, 9.17) is 4.74 Å². The Hall–Kier alpha value is -3.54. The molecule has 212 valence electrons. The van der Waals surface area contributed by atoms with Crippen LogP contribution in [-0.2, 0) is 14.1 Å². The molecule has 3 rings (SSSR count). The average Bonchev–Trinajstić information content (AvgIpc) is 2.92. The van der Waals surface area contributed by atoms with Crippen LogP contribution in [0.5, 0.6) is 0 Å². The number of nitrogens with one attached hydrogen (secondary N) is 1. The molecule has 1 aliphatic heterocycles. The zero-order valence-electron chi connectivity index (χ0n) is 22.5. The standard InChI is InChI=1S/C25H35N6O7P/c1-5-6-16-38-24(34)31-14-12-30(13-15-31)23(33)25(2,39(35,36)37)28-22(32)19-17-20(29(3)4)27-21(26-19)18-10-8-7-9-11-18/h7-11,17H,5-6,12-16H2,1-4H3,(H,28,32)(H2,35,36,37)/t25-/m0/s1. The largest absolute Gasteiger partial charge is 0.449 e. The summed E-state index contributed by atoms with van der Waals surface area (Å²) < 4.78 is 17.8. The number of unbranched alkanes of at least 4 members (excludes halogenated alkanes) is 1. The molecule has 13 nitrogen and oxygen atoms in total. The summed E-state index contributed by atoms with van der Waals surface area (Å²) in [7, 11) is -1.77. The second-order valence-electron chi connectivity index (χ2n) is 9.51. The summed E-state index contributed by atoms with van der Waals surface area (Å²) in [5.74, 6) is -1.29. The molecule has 3 N–H and O–H groups in total. The van der Waals surface area contributed by atoms with Crippen molar-refractivity contribution in [1.82, 2.24) is 25.1 Å². The lowest BCUT2D eigenvalue weighted by atomic mass is 10.2. The van der Waals surface area contributed by atoms with Crippen molar-refractivity contribution in [3.8, 4) is 11.4 Å². The number of hydrogen-bond donors (Lipinski definition) is 3. The third kappa shape index (κ3) is 7.11. The number of hydrogen-bond acceptors (Lipinski definition) is 8. The normalized spacial score (nSPS) is 15.3. The predicted molar refractivity (Wildman–Crippen MR) is 144 cm³/mol. The van der Waals surface area contributed by atoms with E-state index in [2.05, 4.69) is 15.3 Å². The number of anilines is 1. The van der Waals surface area contributed by atoms with Gasteiger partial charge in [0.25, 0.3) is 11.8 Å². The first-order chi connectivity index (χ1) is 18.4. The molecular formula is C25H35N6O7P. The molecular weight excluding hydrogens is 527 g/mol. The molecule has 3 amide bonds. The fourth-order valence-corrected chi connectivity index (χ4v) is 4.47. The van der Waals surface area contributed by atoms with Crippen molar-refractivity contribution in [2.75, 3.05) is 51.8 Å². The molecule has 0 aliphatic carbocycles. The minimum atomic E-state index is -5.22. The van der Waals surface area contributed by atoms with Gasteiger partial charge in [-0.3, -0.25) is 14.2 Å². The molecule has 1 aliphatic rings. The summed E-state index contributed by atoms with van der Waals surface area (Å²) in [5.41, 5.74) is 0.467. The van der Waals surface area contributed by atoms with Crippen molar-refractivity contribution in [3.63, 3.8) is 0 Å². The molecule has 0 radical (unpaired) electrons. The average molecular weight is 563 g/mol. The molecule has 1 fully saturated rings. The second kappa shape index (κ2) is 12.5. The SMILES string of the molecule is CCCCOC(=O)N1CCN(C(=O)[C@@](C)(NC(=O)c2cc(N(C)C)nc(-c3ccccc3)n2)P(=O)(O)O)CC1. The van der Waals surface area contributed by atoms with E-state index >= 15 is 0 Å². The van der Waals surface area contributed by atoms with Crippen molar-refractivity contribution in [3.05, 3.63) is 42.1 Å². The summed E-state index contributed by atoms with van der Waals surface area (Å²) in [6, 6.07) is 10.3. The molecule has 0 bridgehead atoms. The molecule has 1 atom stereocenters.